The quantitative estimate of drug-likeness (QED) is 0.263. The van der Waals surface area contributed by atoms with Gasteiger partial charge in [0.05, 0.1) is 0 Å². The van der Waals surface area contributed by atoms with Crippen LogP contribution in [0, 0.1) is 0 Å². The summed E-state index contributed by atoms with van der Waals surface area (Å²) in [7, 11) is 0. The Labute approximate surface area is 180 Å². The van der Waals surface area contributed by atoms with E-state index in [9.17, 15) is 0 Å². The van der Waals surface area contributed by atoms with E-state index in [1.165, 1.54) is 43.8 Å². The van der Waals surface area contributed by atoms with Gasteiger partial charge in [0.1, 0.15) is 0 Å². The van der Waals surface area contributed by atoms with Gasteiger partial charge in [0.2, 0.25) is 0 Å². The van der Waals surface area contributed by atoms with Crippen molar-refractivity contribution in [2.45, 2.75) is 27.7 Å². The molecule has 0 aliphatic carbocycles. The normalized spacial score (nSPS) is 10.0. The van der Waals surface area contributed by atoms with Crippen LogP contribution in [0.15, 0.2) is 109 Å². The van der Waals surface area contributed by atoms with Crippen LogP contribution in [0.25, 0.3) is 43.8 Å². The molecule has 0 bridgehead atoms. The second kappa shape index (κ2) is 10.4. The molecule has 0 heteroatoms. The highest BCUT2D eigenvalue weighted by atomic mass is 14.2. The Morgan fingerprint density at radius 1 is 0.300 bits per heavy atom. The number of hydrogen-bond acceptors (Lipinski definition) is 0. The van der Waals surface area contributed by atoms with E-state index in [2.05, 4.69) is 109 Å². The van der Waals surface area contributed by atoms with Crippen molar-refractivity contribution in [3.63, 3.8) is 0 Å². The first-order valence-corrected chi connectivity index (χ1v) is 11.0. The third-order valence-corrected chi connectivity index (χ3v) is 5.06. The summed E-state index contributed by atoms with van der Waals surface area (Å²) in [5.74, 6) is 0. The van der Waals surface area contributed by atoms with E-state index in [0.29, 0.717) is 0 Å². The van der Waals surface area contributed by atoms with Crippen LogP contribution in [0.2, 0.25) is 0 Å². The van der Waals surface area contributed by atoms with Gasteiger partial charge in [-0.05, 0) is 43.8 Å². The van der Waals surface area contributed by atoms with Crippen LogP contribution in [-0.2, 0) is 0 Å². The summed E-state index contributed by atoms with van der Waals surface area (Å²) in [5.41, 5.74) is 5.16. The fourth-order valence-corrected chi connectivity index (χ4v) is 3.96. The molecule has 0 N–H and O–H groups in total. The Kier molecular flexibility index (Phi) is 7.40. The smallest absolute Gasteiger partial charge is 0.00264 e. The van der Waals surface area contributed by atoms with E-state index >= 15 is 0 Å². The van der Waals surface area contributed by atoms with Crippen LogP contribution in [0.3, 0.4) is 0 Å². The Bertz CT molecular complexity index is 1050. The fourth-order valence-electron chi connectivity index (χ4n) is 3.96. The highest BCUT2D eigenvalue weighted by molar-refractivity contribution is 6.21. The van der Waals surface area contributed by atoms with Crippen molar-refractivity contribution in [2.24, 2.45) is 0 Å². The lowest BCUT2D eigenvalue weighted by atomic mass is 9.86. The van der Waals surface area contributed by atoms with Gasteiger partial charge in [-0.15, -0.1) is 0 Å². The molecule has 0 nitrogen and oxygen atoms in total. The third kappa shape index (κ3) is 4.00. The average molecular weight is 391 g/mol. The summed E-state index contributed by atoms with van der Waals surface area (Å²) in [5, 5.41) is 5.21. The molecule has 0 aliphatic rings. The van der Waals surface area contributed by atoms with Gasteiger partial charge in [0.15, 0.2) is 0 Å². The number of rotatable bonds is 2. The molecule has 5 aromatic rings. The summed E-state index contributed by atoms with van der Waals surface area (Å²) in [6.07, 6.45) is 0. The van der Waals surface area contributed by atoms with Crippen molar-refractivity contribution < 1.29 is 0 Å². The number of benzene rings is 5. The Morgan fingerprint density at radius 2 is 0.533 bits per heavy atom. The molecule has 0 radical (unpaired) electrons. The maximum absolute atomic E-state index is 2.25. The molecule has 0 saturated carbocycles. The summed E-state index contributed by atoms with van der Waals surface area (Å²) in [6.45, 7) is 8.00. The minimum Gasteiger partial charge on any atom is -0.0683 e. The second-order valence-corrected chi connectivity index (χ2v) is 6.57. The minimum absolute atomic E-state index is 1.26. The van der Waals surface area contributed by atoms with Crippen LogP contribution in [0.4, 0.5) is 0 Å². The summed E-state index contributed by atoms with van der Waals surface area (Å²) >= 11 is 0. The van der Waals surface area contributed by atoms with E-state index in [-0.39, 0.29) is 0 Å². The summed E-state index contributed by atoms with van der Waals surface area (Å²) in [6, 6.07) is 39.0. The lowest BCUT2D eigenvalue weighted by Gasteiger charge is -2.17. The van der Waals surface area contributed by atoms with E-state index in [0.717, 1.165) is 0 Å². The topological polar surface area (TPSA) is 0 Å². The Balaban J connectivity index is 0.000000606. The summed E-state index contributed by atoms with van der Waals surface area (Å²) < 4.78 is 0. The number of fused-ring (bicyclic) bond motifs is 2. The highest BCUT2D eigenvalue weighted by Crippen LogP contribution is 2.43. The molecule has 0 aromatic heterocycles. The molecular weight excluding hydrogens is 360 g/mol. The van der Waals surface area contributed by atoms with E-state index < -0.39 is 0 Å². The molecule has 0 fully saturated rings. The second-order valence-electron chi connectivity index (χ2n) is 6.57. The molecule has 0 amide bonds. The van der Waals surface area contributed by atoms with Crippen LogP contribution in [-0.4, -0.2) is 0 Å². The lowest BCUT2D eigenvalue weighted by molar-refractivity contribution is 1.50. The van der Waals surface area contributed by atoms with Crippen LogP contribution in [0.5, 0.6) is 0 Å². The first-order chi connectivity index (χ1) is 14.9. The van der Waals surface area contributed by atoms with Gasteiger partial charge in [-0.2, -0.15) is 0 Å². The van der Waals surface area contributed by atoms with E-state index in [1.807, 2.05) is 27.7 Å². The van der Waals surface area contributed by atoms with Crippen molar-refractivity contribution in [2.75, 3.05) is 0 Å². The van der Waals surface area contributed by atoms with Crippen LogP contribution >= 0.6 is 0 Å². The van der Waals surface area contributed by atoms with Crippen molar-refractivity contribution >= 4 is 21.5 Å². The lowest BCUT2D eigenvalue weighted by Crippen LogP contribution is -1.90. The monoisotopic (exact) mass is 390 g/mol. The zero-order valence-electron chi connectivity index (χ0n) is 18.4. The first-order valence-electron chi connectivity index (χ1n) is 11.0. The SMILES string of the molecule is CC.CC.c1ccc(-c2c3ccccc3c(-c3ccccc3)c3ccccc23)cc1. The van der Waals surface area contributed by atoms with Crippen molar-refractivity contribution in [1.82, 2.24) is 0 Å². The Morgan fingerprint density at radius 3 is 0.800 bits per heavy atom. The predicted molar refractivity (Wildman–Crippen MR) is 135 cm³/mol. The molecule has 0 heterocycles. The minimum atomic E-state index is 1.26. The van der Waals surface area contributed by atoms with Crippen molar-refractivity contribution in [3.05, 3.63) is 109 Å². The molecule has 0 unspecified atom stereocenters. The zero-order chi connectivity index (χ0) is 21.3. The maximum atomic E-state index is 2.25. The molecule has 0 atom stereocenters. The van der Waals surface area contributed by atoms with Gasteiger partial charge in [-0.3, -0.25) is 0 Å². The van der Waals surface area contributed by atoms with Crippen LogP contribution < -0.4 is 0 Å². The molecule has 30 heavy (non-hydrogen) atoms. The predicted octanol–water partition coefficient (Wildman–Crippen LogP) is 9.38. The van der Waals surface area contributed by atoms with E-state index in [1.54, 1.807) is 0 Å². The molecule has 5 aromatic carbocycles. The average Bonchev–Trinajstić information content (AvgIpc) is 2.86. The van der Waals surface area contributed by atoms with Gasteiger partial charge in [0, 0.05) is 0 Å². The molecule has 150 valence electrons. The van der Waals surface area contributed by atoms with E-state index in [4.69, 9.17) is 0 Å². The summed E-state index contributed by atoms with van der Waals surface area (Å²) in [4.78, 5) is 0. The molecular formula is C30H30. The molecule has 5 rings (SSSR count). The largest absolute Gasteiger partial charge is 0.0683 e. The fraction of sp³-hybridized carbons (Fsp3) is 0.133. The first kappa shape index (κ1) is 21.3. The standard InChI is InChI=1S/C26H18.2C2H6/c1-3-11-19(12-4-1)25-21-15-7-9-17-23(21)26(20-13-5-2-6-14-20)24-18-10-8-16-22(24)25;2*1-2/h1-18H;2*1-2H3. The van der Waals surface area contributed by atoms with Crippen LogP contribution in [0.1, 0.15) is 27.7 Å². The van der Waals surface area contributed by atoms with Gasteiger partial charge < -0.3 is 0 Å². The molecule has 0 aliphatic heterocycles. The highest BCUT2D eigenvalue weighted by Gasteiger charge is 2.15. The van der Waals surface area contributed by atoms with Gasteiger partial charge in [-0.25, -0.2) is 0 Å². The van der Waals surface area contributed by atoms with Gasteiger partial charge in [-0.1, -0.05) is 137 Å². The van der Waals surface area contributed by atoms with Gasteiger partial charge in [0.25, 0.3) is 0 Å². The van der Waals surface area contributed by atoms with Gasteiger partial charge >= 0.3 is 0 Å². The van der Waals surface area contributed by atoms with Crippen molar-refractivity contribution in [3.8, 4) is 22.3 Å². The zero-order valence-corrected chi connectivity index (χ0v) is 18.4. The maximum Gasteiger partial charge on any atom is -0.00264 e. The Hall–Kier alpha value is -3.38. The number of hydrogen-bond donors (Lipinski definition) is 0. The molecule has 0 spiro atoms. The third-order valence-electron chi connectivity index (χ3n) is 5.06. The van der Waals surface area contributed by atoms with Crippen molar-refractivity contribution in [1.29, 1.82) is 0 Å². The molecule has 0 saturated heterocycles.